The first-order valence-corrected chi connectivity index (χ1v) is 3.04. The van der Waals surface area contributed by atoms with E-state index in [1.807, 2.05) is 0 Å². The van der Waals surface area contributed by atoms with E-state index >= 15 is 0 Å². The zero-order valence-electron chi connectivity index (χ0n) is 6.67. The quantitative estimate of drug-likeness (QED) is 0.449. The van der Waals surface area contributed by atoms with Gasteiger partial charge in [-0.15, -0.1) is 4.48 Å². The second-order valence-electron chi connectivity index (χ2n) is 2.46. The lowest BCUT2D eigenvalue weighted by atomic mass is 9.98. The summed E-state index contributed by atoms with van der Waals surface area (Å²) in [6, 6.07) is 0. The Kier molecular flexibility index (Phi) is 3.44. The molecule has 0 spiro atoms. The maximum atomic E-state index is 11.7. The Labute approximate surface area is 79.9 Å². The summed E-state index contributed by atoms with van der Waals surface area (Å²) in [4.78, 5) is 0. The van der Waals surface area contributed by atoms with Crippen LogP contribution < -0.4 is 0 Å². The van der Waals surface area contributed by atoms with Gasteiger partial charge in [0.15, 0.2) is 0 Å². The standard InChI is InChI=1S/C4HF10NO/c5-2(6,7)1(15(14)16,3(8,9)10)4(11,12)13/h16H. The molecule has 0 aliphatic carbocycles. The summed E-state index contributed by atoms with van der Waals surface area (Å²) in [5.41, 5.74) is -6.97. The van der Waals surface area contributed by atoms with Gasteiger partial charge in [0.05, 0.1) is 0 Å². The van der Waals surface area contributed by atoms with Crippen molar-refractivity contribution in [1.29, 1.82) is 0 Å². The highest BCUT2D eigenvalue weighted by molar-refractivity contribution is 5.05. The van der Waals surface area contributed by atoms with Crippen LogP contribution in [0.5, 0.6) is 0 Å². The summed E-state index contributed by atoms with van der Waals surface area (Å²) in [6.45, 7) is 0. The molecule has 0 unspecified atom stereocenters. The van der Waals surface area contributed by atoms with Crippen LogP contribution in [-0.2, 0) is 0 Å². The number of hydrogen-bond donors (Lipinski definition) is 1. The maximum Gasteiger partial charge on any atom is 0.430 e. The first kappa shape index (κ1) is 15.2. The third kappa shape index (κ3) is 1.90. The monoisotopic (exact) mass is 269 g/mol. The molecule has 0 aromatic carbocycles. The topological polar surface area (TPSA) is 23.5 Å². The van der Waals surface area contributed by atoms with Crippen LogP contribution in [0.3, 0.4) is 0 Å². The maximum absolute atomic E-state index is 11.7. The van der Waals surface area contributed by atoms with E-state index in [2.05, 4.69) is 0 Å². The first-order valence-electron chi connectivity index (χ1n) is 3.04. The van der Waals surface area contributed by atoms with Gasteiger partial charge in [0.2, 0.25) is 0 Å². The predicted molar refractivity (Wildman–Crippen MR) is 25.6 cm³/mol. The molecule has 0 aromatic heterocycles. The van der Waals surface area contributed by atoms with Crippen molar-refractivity contribution >= 4 is 0 Å². The summed E-state index contributed by atoms with van der Waals surface area (Å²) in [5.74, 6) is 0. The van der Waals surface area contributed by atoms with Crippen LogP contribution in [0.2, 0.25) is 0 Å². The molecule has 0 saturated carbocycles. The second kappa shape index (κ2) is 3.61. The largest absolute Gasteiger partial charge is 0.430 e. The molecule has 12 heteroatoms. The Bertz CT molecular complexity index is 211. The molecule has 1 N–H and O–H groups in total. The summed E-state index contributed by atoms with van der Waals surface area (Å²) < 4.78 is 117. The average Bonchev–Trinajstić information content (AvgIpc) is 1.71. The molecule has 0 aliphatic heterocycles. The molecule has 0 bridgehead atoms. The lowest BCUT2D eigenvalue weighted by Crippen LogP contribution is -2.72. The van der Waals surface area contributed by atoms with Crippen molar-refractivity contribution in [3.05, 3.63) is 0 Å². The van der Waals surface area contributed by atoms with Crippen LogP contribution >= 0.6 is 0 Å². The third-order valence-electron chi connectivity index (χ3n) is 1.51. The van der Waals surface area contributed by atoms with E-state index in [-0.39, 0.29) is 0 Å². The van der Waals surface area contributed by atoms with Gasteiger partial charge in [-0.05, 0) is 0 Å². The Morgan fingerprint density at radius 3 is 0.812 bits per heavy atom. The van der Waals surface area contributed by atoms with Crippen LogP contribution in [0.25, 0.3) is 0 Å². The normalized spacial score (nSPS) is 15.8. The van der Waals surface area contributed by atoms with E-state index < -0.39 is 29.4 Å². The van der Waals surface area contributed by atoms with Crippen LogP contribution in [0.1, 0.15) is 0 Å². The highest BCUT2D eigenvalue weighted by Gasteiger charge is 2.88. The Balaban J connectivity index is 6.05. The van der Waals surface area contributed by atoms with Gasteiger partial charge < -0.3 is 0 Å². The molecule has 0 atom stereocenters. The molecule has 0 radical (unpaired) electrons. The van der Waals surface area contributed by atoms with Crippen molar-refractivity contribution < 1.29 is 49.2 Å². The van der Waals surface area contributed by atoms with Gasteiger partial charge in [-0.25, -0.2) is 0 Å². The third-order valence-corrected chi connectivity index (χ3v) is 1.51. The van der Waals surface area contributed by atoms with E-state index in [1.54, 1.807) is 0 Å². The lowest BCUT2D eigenvalue weighted by Gasteiger charge is -2.38. The van der Waals surface area contributed by atoms with E-state index in [4.69, 9.17) is 5.21 Å². The molecule has 0 rings (SSSR count). The minimum Gasteiger partial charge on any atom is -0.284 e. The van der Waals surface area contributed by atoms with Crippen LogP contribution in [-0.4, -0.2) is 34.6 Å². The summed E-state index contributed by atoms with van der Waals surface area (Å²) in [6.07, 6.45) is -21.4. The lowest BCUT2D eigenvalue weighted by molar-refractivity contribution is -0.498. The van der Waals surface area contributed by atoms with Gasteiger partial charge in [-0.2, -0.15) is 39.5 Å². The minimum atomic E-state index is -7.15. The number of halogens is 10. The van der Waals surface area contributed by atoms with Gasteiger partial charge in [0.25, 0.3) is 0 Å². The van der Waals surface area contributed by atoms with Crippen molar-refractivity contribution in [3.8, 4) is 0 Å². The van der Waals surface area contributed by atoms with Crippen molar-refractivity contribution in [3.63, 3.8) is 0 Å². The van der Waals surface area contributed by atoms with E-state index in [0.29, 0.717) is 0 Å². The highest BCUT2D eigenvalue weighted by Crippen LogP contribution is 2.55. The fraction of sp³-hybridized carbons (Fsp3) is 1.00. The molecular formula is C4HF10NO. The SMILES string of the molecule is ON(F)C(C(F)(F)F)(C(F)(F)F)C(F)(F)F. The smallest absolute Gasteiger partial charge is 0.284 e. The summed E-state index contributed by atoms with van der Waals surface area (Å²) >= 11 is 0. The van der Waals surface area contributed by atoms with E-state index in [9.17, 15) is 44.0 Å². The number of rotatable bonds is 1. The fourth-order valence-corrected chi connectivity index (χ4v) is 0.796. The number of hydrogen-bond acceptors (Lipinski definition) is 2. The fourth-order valence-electron chi connectivity index (χ4n) is 0.796. The minimum absolute atomic E-state index is 3.44. The average molecular weight is 269 g/mol. The molecule has 98 valence electrons. The highest BCUT2D eigenvalue weighted by atomic mass is 19.4. The van der Waals surface area contributed by atoms with Crippen molar-refractivity contribution in [2.24, 2.45) is 0 Å². The summed E-state index contributed by atoms with van der Waals surface area (Å²) in [5, 5.41) is 4.04. The number of hydroxylamine groups is 1. The van der Waals surface area contributed by atoms with Gasteiger partial charge in [-0.3, -0.25) is 5.21 Å². The Hall–Kier alpha value is -0.780. The van der Waals surface area contributed by atoms with E-state index in [1.165, 1.54) is 0 Å². The predicted octanol–water partition coefficient (Wildman–Crippen LogP) is 2.99. The second-order valence-corrected chi connectivity index (χ2v) is 2.46. The molecule has 0 fully saturated rings. The molecule has 0 amide bonds. The Morgan fingerprint density at radius 2 is 0.812 bits per heavy atom. The van der Waals surface area contributed by atoms with Gasteiger partial charge >= 0.3 is 24.1 Å². The summed E-state index contributed by atoms with van der Waals surface area (Å²) in [7, 11) is 0. The van der Waals surface area contributed by atoms with Gasteiger partial charge in [0.1, 0.15) is 0 Å². The van der Waals surface area contributed by atoms with Gasteiger partial charge in [-0.1, -0.05) is 0 Å². The van der Waals surface area contributed by atoms with Crippen molar-refractivity contribution in [1.82, 2.24) is 5.29 Å². The molecule has 0 aliphatic rings. The van der Waals surface area contributed by atoms with E-state index in [0.717, 1.165) is 0 Å². The Morgan fingerprint density at radius 1 is 0.625 bits per heavy atom. The molecule has 2 nitrogen and oxygen atoms in total. The van der Waals surface area contributed by atoms with Crippen molar-refractivity contribution in [2.75, 3.05) is 0 Å². The van der Waals surface area contributed by atoms with Gasteiger partial charge in [0, 0.05) is 5.29 Å². The molecular weight excluding hydrogens is 268 g/mol. The zero-order chi connectivity index (χ0) is 13.6. The molecule has 0 heterocycles. The van der Waals surface area contributed by atoms with Crippen LogP contribution in [0.15, 0.2) is 0 Å². The van der Waals surface area contributed by atoms with Crippen LogP contribution in [0.4, 0.5) is 44.0 Å². The molecule has 0 aromatic rings. The zero-order valence-corrected chi connectivity index (χ0v) is 6.67. The van der Waals surface area contributed by atoms with Crippen molar-refractivity contribution in [2.45, 2.75) is 24.1 Å². The molecule has 0 saturated heterocycles. The number of alkyl halides is 9. The number of nitrogens with zero attached hydrogens (tertiary/aromatic N) is 1. The molecule has 16 heavy (non-hydrogen) atoms. The van der Waals surface area contributed by atoms with Crippen LogP contribution in [0, 0.1) is 0 Å². The first-order chi connectivity index (χ1) is 6.69.